The zero-order valence-corrected chi connectivity index (χ0v) is 20.4. The standard InChI is InChI=1S/C32H19NS2/c1-4-11-30-24(6-1)26-9-5-8-23(32(26)35-30)20-12-14-22(15-13-20)33-17-16-21-18-31-27(19-28(21)33)25-7-2-3-10-29(25)34-31/h1-19H. The summed E-state index contributed by atoms with van der Waals surface area (Å²) in [6.07, 6.45) is 2.19. The predicted molar refractivity (Wildman–Crippen MR) is 154 cm³/mol. The van der Waals surface area contributed by atoms with Gasteiger partial charge in [0, 0.05) is 57.6 Å². The van der Waals surface area contributed by atoms with Crippen LogP contribution >= 0.6 is 22.7 Å². The second-order valence-corrected chi connectivity index (χ2v) is 11.2. The Balaban J connectivity index is 1.26. The summed E-state index contributed by atoms with van der Waals surface area (Å²) >= 11 is 3.76. The summed E-state index contributed by atoms with van der Waals surface area (Å²) in [5.41, 5.74) is 5.00. The molecule has 35 heavy (non-hydrogen) atoms. The van der Waals surface area contributed by atoms with Gasteiger partial charge in [-0.3, -0.25) is 0 Å². The molecule has 0 spiro atoms. The second kappa shape index (κ2) is 7.29. The number of fused-ring (bicyclic) bond motifs is 7. The lowest BCUT2D eigenvalue weighted by molar-refractivity contribution is 1.13. The molecule has 8 aromatic rings. The van der Waals surface area contributed by atoms with Crippen molar-refractivity contribution in [2.24, 2.45) is 0 Å². The van der Waals surface area contributed by atoms with Crippen LogP contribution in [-0.4, -0.2) is 4.57 Å². The van der Waals surface area contributed by atoms with E-state index in [4.69, 9.17) is 0 Å². The highest BCUT2D eigenvalue weighted by Crippen LogP contribution is 2.40. The Kier molecular flexibility index (Phi) is 4.04. The minimum absolute atomic E-state index is 1.19. The molecule has 8 rings (SSSR count). The molecule has 0 radical (unpaired) electrons. The maximum atomic E-state index is 2.36. The fourth-order valence-electron chi connectivity index (χ4n) is 5.35. The molecule has 0 bridgehead atoms. The van der Waals surface area contributed by atoms with Crippen LogP contribution in [0.2, 0.25) is 0 Å². The van der Waals surface area contributed by atoms with Crippen LogP contribution in [-0.2, 0) is 0 Å². The average molecular weight is 482 g/mol. The molecule has 0 saturated carbocycles. The van der Waals surface area contributed by atoms with Gasteiger partial charge in [0.05, 0.1) is 5.52 Å². The first-order valence-corrected chi connectivity index (χ1v) is 13.4. The summed E-state index contributed by atoms with van der Waals surface area (Å²) in [7, 11) is 0. The van der Waals surface area contributed by atoms with Gasteiger partial charge in [-0.05, 0) is 53.6 Å². The van der Waals surface area contributed by atoms with Gasteiger partial charge in [0.1, 0.15) is 0 Å². The predicted octanol–water partition coefficient (Wildman–Crippen LogP) is 10.0. The van der Waals surface area contributed by atoms with E-state index in [1.165, 1.54) is 68.1 Å². The molecule has 3 heteroatoms. The molecule has 0 aliphatic heterocycles. The number of aromatic nitrogens is 1. The van der Waals surface area contributed by atoms with Crippen LogP contribution in [0.15, 0.2) is 115 Å². The van der Waals surface area contributed by atoms with E-state index in [0.29, 0.717) is 0 Å². The van der Waals surface area contributed by atoms with Crippen molar-refractivity contribution in [3.05, 3.63) is 115 Å². The van der Waals surface area contributed by atoms with Crippen molar-refractivity contribution in [2.75, 3.05) is 0 Å². The fourth-order valence-corrected chi connectivity index (χ4v) is 7.73. The Morgan fingerprint density at radius 3 is 2.06 bits per heavy atom. The van der Waals surface area contributed by atoms with E-state index in [2.05, 4.69) is 120 Å². The number of hydrogen-bond acceptors (Lipinski definition) is 2. The number of hydrogen-bond donors (Lipinski definition) is 0. The van der Waals surface area contributed by atoms with Crippen molar-refractivity contribution in [1.82, 2.24) is 4.57 Å². The topological polar surface area (TPSA) is 4.93 Å². The largest absolute Gasteiger partial charge is 0.317 e. The van der Waals surface area contributed by atoms with Crippen molar-refractivity contribution in [1.29, 1.82) is 0 Å². The molecular weight excluding hydrogens is 462 g/mol. The average Bonchev–Trinajstić information content (AvgIpc) is 3.60. The molecule has 0 saturated heterocycles. The summed E-state index contributed by atoms with van der Waals surface area (Å²) in [6.45, 7) is 0. The lowest BCUT2D eigenvalue weighted by Crippen LogP contribution is -1.91. The van der Waals surface area contributed by atoms with Crippen LogP contribution in [0, 0.1) is 0 Å². The van der Waals surface area contributed by atoms with E-state index >= 15 is 0 Å². The molecule has 0 atom stereocenters. The number of thiophene rings is 2. The summed E-state index contributed by atoms with van der Waals surface area (Å²) < 4.78 is 7.72. The van der Waals surface area contributed by atoms with Gasteiger partial charge < -0.3 is 4.57 Å². The van der Waals surface area contributed by atoms with E-state index in [0.717, 1.165) is 0 Å². The molecule has 1 nitrogen and oxygen atoms in total. The SMILES string of the molecule is c1ccc2c(c1)sc1cc3ccn(-c4ccc(-c5cccc6c5sc5ccccc56)cc4)c3cc12. The molecule has 0 unspecified atom stereocenters. The molecule has 0 aliphatic rings. The van der Waals surface area contributed by atoms with Gasteiger partial charge in [-0.15, -0.1) is 22.7 Å². The molecule has 164 valence electrons. The van der Waals surface area contributed by atoms with Crippen LogP contribution < -0.4 is 0 Å². The van der Waals surface area contributed by atoms with Crippen molar-refractivity contribution < 1.29 is 0 Å². The van der Waals surface area contributed by atoms with Crippen LogP contribution in [0.25, 0.3) is 68.1 Å². The maximum Gasteiger partial charge on any atom is 0.0535 e. The lowest BCUT2D eigenvalue weighted by Gasteiger charge is -2.09. The smallest absolute Gasteiger partial charge is 0.0535 e. The Morgan fingerprint density at radius 2 is 1.23 bits per heavy atom. The van der Waals surface area contributed by atoms with E-state index < -0.39 is 0 Å². The summed E-state index contributed by atoms with van der Waals surface area (Å²) in [6, 6.07) is 40.0. The van der Waals surface area contributed by atoms with Crippen LogP contribution in [0.1, 0.15) is 0 Å². The van der Waals surface area contributed by atoms with Crippen molar-refractivity contribution in [3.63, 3.8) is 0 Å². The molecule has 3 aromatic heterocycles. The zero-order valence-electron chi connectivity index (χ0n) is 18.7. The summed E-state index contributed by atoms with van der Waals surface area (Å²) in [5, 5.41) is 6.65. The highest BCUT2D eigenvalue weighted by molar-refractivity contribution is 7.26. The zero-order chi connectivity index (χ0) is 22.9. The molecule has 0 amide bonds. The van der Waals surface area contributed by atoms with Crippen molar-refractivity contribution >= 4 is 73.9 Å². The quantitative estimate of drug-likeness (QED) is 0.231. The number of rotatable bonds is 2. The molecule has 0 fully saturated rings. The van der Waals surface area contributed by atoms with E-state index in [1.54, 1.807) is 0 Å². The highest BCUT2D eigenvalue weighted by Gasteiger charge is 2.12. The monoisotopic (exact) mass is 481 g/mol. The highest BCUT2D eigenvalue weighted by atomic mass is 32.1. The van der Waals surface area contributed by atoms with Gasteiger partial charge in [0.15, 0.2) is 0 Å². The Labute approximate surface area is 210 Å². The number of benzene rings is 5. The lowest BCUT2D eigenvalue weighted by atomic mass is 10.0. The van der Waals surface area contributed by atoms with Crippen LogP contribution in [0.4, 0.5) is 0 Å². The van der Waals surface area contributed by atoms with Gasteiger partial charge in [-0.25, -0.2) is 0 Å². The number of nitrogens with zero attached hydrogens (tertiary/aromatic N) is 1. The van der Waals surface area contributed by atoms with Gasteiger partial charge in [0.25, 0.3) is 0 Å². The molecule has 5 aromatic carbocycles. The first kappa shape index (κ1) is 19.4. The van der Waals surface area contributed by atoms with Gasteiger partial charge in [-0.1, -0.05) is 66.7 Å². The van der Waals surface area contributed by atoms with Crippen molar-refractivity contribution in [3.8, 4) is 16.8 Å². The second-order valence-electron chi connectivity index (χ2n) is 9.02. The van der Waals surface area contributed by atoms with Gasteiger partial charge in [-0.2, -0.15) is 0 Å². The van der Waals surface area contributed by atoms with Gasteiger partial charge >= 0.3 is 0 Å². The normalized spacial score (nSPS) is 12.0. The first-order valence-electron chi connectivity index (χ1n) is 11.8. The Morgan fingerprint density at radius 1 is 0.514 bits per heavy atom. The Hall–Kier alpha value is -3.92. The van der Waals surface area contributed by atoms with Gasteiger partial charge in [0.2, 0.25) is 0 Å². The third-order valence-electron chi connectivity index (χ3n) is 7.05. The third kappa shape index (κ3) is 2.86. The summed E-state index contributed by atoms with van der Waals surface area (Å²) in [5.74, 6) is 0. The van der Waals surface area contributed by atoms with E-state index in [1.807, 2.05) is 22.7 Å². The van der Waals surface area contributed by atoms with Crippen LogP contribution in [0.3, 0.4) is 0 Å². The maximum absolute atomic E-state index is 2.36. The van der Waals surface area contributed by atoms with Crippen LogP contribution in [0.5, 0.6) is 0 Å². The minimum Gasteiger partial charge on any atom is -0.317 e. The fraction of sp³-hybridized carbons (Fsp3) is 0. The first-order chi connectivity index (χ1) is 17.3. The minimum atomic E-state index is 1.19. The Bertz CT molecular complexity index is 2050. The molecular formula is C32H19NS2. The molecule has 0 N–H and O–H groups in total. The van der Waals surface area contributed by atoms with E-state index in [-0.39, 0.29) is 0 Å². The van der Waals surface area contributed by atoms with Crippen molar-refractivity contribution in [2.45, 2.75) is 0 Å². The molecule has 3 heterocycles. The molecule has 0 aliphatic carbocycles. The third-order valence-corrected chi connectivity index (χ3v) is 9.40. The summed E-state index contributed by atoms with van der Waals surface area (Å²) in [4.78, 5) is 0. The van der Waals surface area contributed by atoms with E-state index in [9.17, 15) is 0 Å².